The van der Waals surface area contributed by atoms with Gasteiger partial charge in [0.05, 0.1) is 0 Å². The van der Waals surface area contributed by atoms with E-state index in [2.05, 4.69) is 23.9 Å². The highest BCUT2D eigenvalue weighted by atomic mass is 19.1. The number of rotatable bonds is 4. The molecule has 0 aliphatic carbocycles. The van der Waals surface area contributed by atoms with Gasteiger partial charge in [0.1, 0.15) is 5.82 Å². The van der Waals surface area contributed by atoms with E-state index in [9.17, 15) is 4.39 Å². The maximum atomic E-state index is 13.2. The van der Waals surface area contributed by atoms with E-state index in [1.165, 1.54) is 18.9 Å². The molecule has 4 heteroatoms. The predicted octanol–water partition coefficient (Wildman–Crippen LogP) is 2.06. The van der Waals surface area contributed by atoms with Crippen LogP contribution in [0.1, 0.15) is 18.4 Å². The van der Waals surface area contributed by atoms with Crippen LogP contribution in [0.15, 0.2) is 18.2 Å². The van der Waals surface area contributed by atoms with Gasteiger partial charge in [0, 0.05) is 31.9 Å². The van der Waals surface area contributed by atoms with Crippen LogP contribution < -0.4 is 10.6 Å². The minimum absolute atomic E-state index is 0.202. The molecule has 19 heavy (non-hydrogen) atoms. The molecule has 0 amide bonds. The van der Waals surface area contributed by atoms with Crippen LogP contribution in [0, 0.1) is 11.7 Å². The van der Waals surface area contributed by atoms with Gasteiger partial charge in [-0.2, -0.15) is 0 Å². The van der Waals surface area contributed by atoms with E-state index in [4.69, 9.17) is 5.73 Å². The first-order chi connectivity index (χ1) is 9.10. The Morgan fingerprint density at radius 2 is 2.00 bits per heavy atom. The molecule has 0 bridgehead atoms. The summed E-state index contributed by atoms with van der Waals surface area (Å²) in [4.78, 5) is 4.59. The molecule has 1 saturated heterocycles. The second-order valence-corrected chi connectivity index (χ2v) is 5.67. The fourth-order valence-electron chi connectivity index (χ4n) is 2.90. The fourth-order valence-corrected chi connectivity index (χ4v) is 2.90. The fraction of sp³-hybridized carbons (Fsp3) is 0.600. The lowest BCUT2D eigenvalue weighted by Crippen LogP contribution is -2.37. The second-order valence-electron chi connectivity index (χ2n) is 5.67. The van der Waals surface area contributed by atoms with Crippen LogP contribution in [0.25, 0.3) is 0 Å². The van der Waals surface area contributed by atoms with E-state index < -0.39 is 0 Å². The topological polar surface area (TPSA) is 32.5 Å². The highest BCUT2D eigenvalue weighted by Crippen LogP contribution is 2.27. The summed E-state index contributed by atoms with van der Waals surface area (Å²) in [5.74, 6) is 0.569. The number of hydrogen-bond acceptors (Lipinski definition) is 3. The first-order valence-corrected chi connectivity index (χ1v) is 6.98. The Bertz CT molecular complexity index is 412. The zero-order valence-corrected chi connectivity index (χ0v) is 11.9. The lowest BCUT2D eigenvalue weighted by molar-refractivity contribution is 0.285. The van der Waals surface area contributed by atoms with Crippen molar-refractivity contribution in [3.8, 4) is 0 Å². The van der Waals surface area contributed by atoms with Gasteiger partial charge in [-0.15, -0.1) is 0 Å². The van der Waals surface area contributed by atoms with E-state index in [1.54, 1.807) is 6.07 Å². The van der Waals surface area contributed by atoms with Crippen LogP contribution in [0.2, 0.25) is 0 Å². The third kappa shape index (κ3) is 3.67. The smallest absolute Gasteiger partial charge is 0.123 e. The maximum absolute atomic E-state index is 13.2. The van der Waals surface area contributed by atoms with E-state index in [-0.39, 0.29) is 5.82 Å². The number of hydrogen-bond donors (Lipinski definition) is 1. The van der Waals surface area contributed by atoms with Crippen molar-refractivity contribution in [1.82, 2.24) is 4.90 Å². The molecule has 0 unspecified atom stereocenters. The molecule has 0 aromatic heterocycles. The average Bonchev–Trinajstić information content (AvgIpc) is 2.39. The third-order valence-corrected chi connectivity index (χ3v) is 3.84. The Morgan fingerprint density at radius 3 is 2.58 bits per heavy atom. The second kappa shape index (κ2) is 6.35. The first-order valence-electron chi connectivity index (χ1n) is 6.98. The Kier molecular flexibility index (Phi) is 4.77. The van der Waals surface area contributed by atoms with Gasteiger partial charge in [-0.25, -0.2) is 4.39 Å². The number of piperidine rings is 1. The van der Waals surface area contributed by atoms with Gasteiger partial charge in [-0.05, 0) is 56.6 Å². The molecule has 0 atom stereocenters. The minimum atomic E-state index is -0.202. The summed E-state index contributed by atoms with van der Waals surface area (Å²) < 4.78 is 13.2. The molecule has 1 aromatic rings. The summed E-state index contributed by atoms with van der Waals surface area (Å²) in [5.41, 5.74) is 7.73. The molecular weight excluding hydrogens is 241 g/mol. The Labute approximate surface area is 115 Å². The molecular formula is C15H24FN3. The zero-order valence-electron chi connectivity index (χ0n) is 11.9. The SMILES string of the molecule is CN(C)CC1CCN(c2ccc(F)cc2CN)CC1. The molecule has 3 nitrogen and oxygen atoms in total. The van der Waals surface area contributed by atoms with E-state index in [0.29, 0.717) is 6.54 Å². The summed E-state index contributed by atoms with van der Waals surface area (Å²) in [5, 5.41) is 0. The zero-order chi connectivity index (χ0) is 13.8. The largest absolute Gasteiger partial charge is 0.371 e. The summed E-state index contributed by atoms with van der Waals surface area (Å²) >= 11 is 0. The first kappa shape index (κ1) is 14.3. The molecule has 1 aromatic carbocycles. The van der Waals surface area contributed by atoms with Gasteiger partial charge < -0.3 is 15.5 Å². The standard InChI is InChI=1S/C15H24FN3/c1-18(2)11-12-5-7-19(8-6-12)15-4-3-14(16)9-13(15)10-17/h3-4,9,12H,5-8,10-11,17H2,1-2H3. The average molecular weight is 265 g/mol. The van der Waals surface area contributed by atoms with Gasteiger partial charge in [0.15, 0.2) is 0 Å². The van der Waals surface area contributed by atoms with E-state index >= 15 is 0 Å². The third-order valence-electron chi connectivity index (χ3n) is 3.84. The van der Waals surface area contributed by atoms with Crippen LogP contribution in [0.4, 0.5) is 10.1 Å². The highest BCUT2D eigenvalue weighted by molar-refractivity contribution is 5.54. The number of benzene rings is 1. The van der Waals surface area contributed by atoms with Crippen molar-refractivity contribution in [2.45, 2.75) is 19.4 Å². The van der Waals surface area contributed by atoms with Crippen molar-refractivity contribution in [1.29, 1.82) is 0 Å². The molecule has 1 aliphatic rings. The summed E-state index contributed by atoms with van der Waals surface area (Å²) in [6.45, 7) is 3.63. The quantitative estimate of drug-likeness (QED) is 0.904. The molecule has 0 spiro atoms. The summed E-state index contributed by atoms with van der Waals surface area (Å²) in [6.07, 6.45) is 2.39. The van der Waals surface area contributed by atoms with Crippen molar-refractivity contribution in [2.24, 2.45) is 11.7 Å². The van der Waals surface area contributed by atoms with Crippen LogP contribution in [0.3, 0.4) is 0 Å². The van der Waals surface area contributed by atoms with E-state index in [1.807, 2.05) is 6.07 Å². The molecule has 2 rings (SSSR count). The van der Waals surface area contributed by atoms with Crippen molar-refractivity contribution < 1.29 is 4.39 Å². The van der Waals surface area contributed by atoms with Crippen LogP contribution in [-0.4, -0.2) is 38.6 Å². The normalized spacial score (nSPS) is 17.2. The number of nitrogens with two attached hydrogens (primary N) is 1. The van der Waals surface area contributed by atoms with Crippen molar-refractivity contribution in [3.63, 3.8) is 0 Å². The van der Waals surface area contributed by atoms with Gasteiger partial charge in [-0.3, -0.25) is 0 Å². The van der Waals surface area contributed by atoms with Crippen molar-refractivity contribution in [2.75, 3.05) is 38.6 Å². The number of halogens is 1. The summed E-state index contributed by atoms with van der Waals surface area (Å²) in [6, 6.07) is 4.95. The molecule has 1 heterocycles. The molecule has 1 fully saturated rings. The van der Waals surface area contributed by atoms with Crippen molar-refractivity contribution >= 4 is 5.69 Å². The van der Waals surface area contributed by atoms with Gasteiger partial charge in [0.25, 0.3) is 0 Å². The molecule has 0 radical (unpaired) electrons. The molecule has 106 valence electrons. The van der Waals surface area contributed by atoms with E-state index in [0.717, 1.165) is 36.8 Å². The maximum Gasteiger partial charge on any atom is 0.123 e. The highest BCUT2D eigenvalue weighted by Gasteiger charge is 2.21. The Morgan fingerprint density at radius 1 is 1.32 bits per heavy atom. The monoisotopic (exact) mass is 265 g/mol. The van der Waals surface area contributed by atoms with Crippen LogP contribution in [-0.2, 0) is 6.54 Å². The van der Waals surface area contributed by atoms with Gasteiger partial charge in [0.2, 0.25) is 0 Å². The lowest BCUT2D eigenvalue weighted by Gasteiger charge is -2.35. The Balaban J connectivity index is 2.01. The number of anilines is 1. The summed E-state index contributed by atoms with van der Waals surface area (Å²) in [7, 11) is 4.25. The van der Waals surface area contributed by atoms with Gasteiger partial charge >= 0.3 is 0 Å². The predicted molar refractivity (Wildman–Crippen MR) is 77.8 cm³/mol. The Hall–Kier alpha value is -1.13. The molecule has 2 N–H and O–H groups in total. The van der Waals surface area contributed by atoms with Crippen LogP contribution >= 0.6 is 0 Å². The van der Waals surface area contributed by atoms with Crippen LogP contribution in [0.5, 0.6) is 0 Å². The lowest BCUT2D eigenvalue weighted by atomic mass is 9.95. The number of nitrogens with zero attached hydrogens (tertiary/aromatic N) is 2. The van der Waals surface area contributed by atoms with Gasteiger partial charge in [-0.1, -0.05) is 0 Å². The molecule has 0 saturated carbocycles. The minimum Gasteiger partial charge on any atom is -0.371 e. The van der Waals surface area contributed by atoms with Crippen molar-refractivity contribution in [3.05, 3.63) is 29.6 Å². The molecule has 1 aliphatic heterocycles.